The average Bonchev–Trinajstić information content (AvgIpc) is 3.16. The SMILES string of the molecule is CCNC(CCC(C)(C)C)C1(c2ccccc2)CC1. The van der Waals surface area contributed by atoms with Gasteiger partial charge in [0.05, 0.1) is 0 Å². The summed E-state index contributed by atoms with van der Waals surface area (Å²) >= 11 is 0. The zero-order valence-electron chi connectivity index (χ0n) is 13.0. The lowest BCUT2D eigenvalue weighted by Crippen LogP contribution is -2.40. The molecule has 2 rings (SSSR count). The molecule has 0 heterocycles. The molecule has 1 fully saturated rings. The Bertz CT molecular complexity index is 384. The first-order valence-corrected chi connectivity index (χ1v) is 7.77. The maximum Gasteiger partial charge on any atom is 0.0164 e. The standard InChI is InChI=1S/C18H29N/c1-5-19-16(11-12-17(2,3)4)18(13-14-18)15-9-7-6-8-10-15/h6-10,16,19H,5,11-14H2,1-4H3. The van der Waals surface area contributed by atoms with Gasteiger partial charge in [0.1, 0.15) is 0 Å². The van der Waals surface area contributed by atoms with E-state index in [1.54, 1.807) is 0 Å². The third kappa shape index (κ3) is 3.60. The smallest absolute Gasteiger partial charge is 0.0164 e. The maximum atomic E-state index is 3.76. The molecule has 1 atom stereocenters. The van der Waals surface area contributed by atoms with Gasteiger partial charge in [0.25, 0.3) is 0 Å². The largest absolute Gasteiger partial charge is 0.313 e. The molecule has 0 saturated heterocycles. The number of nitrogens with one attached hydrogen (secondary N) is 1. The quantitative estimate of drug-likeness (QED) is 0.792. The normalized spacial score (nSPS) is 19.2. The summed E-state index contributed by atoms with van der Waals surface area (Å²) in [5.74, 6) is 0. The van der Waals surface area contributed by atoms with E-state index in [9.17, 15) is 0 Å². The van der Waals surface area contributed by atoms with Gasteiger partial charge in [0, 0.05) is 11.5 Å². The van der Waals surface area contributed by atoms with Crippen LogP contribution >= 0.6 is 0 Å². The van der Waals surface area contributed by atoms with Crippen molar-refractivity contribution < 1.29 is 0 Å². The molecule has 106 valence electrons. The molecule has 1 aromatic carbocycles. The summed E-state index contributed by atoms with van der Waals surface area (Å²) in [6.45, 7) is 10.3. The van der Waals surface area contributed by atoms with E-state index in [2.05, 4.69) is 63.3 Å². The van der Waals surface area contributed by atoms with Gasteiger partial charge in [-0.05, 0) is 43.2 Å². The van der Waals surface area contributed by atoms with Crippen molar-refractivity contribution in [3.63, 3.8) is 0 Å². The van der Waals surface area contributed by atoms with Crippen molar-refractivity contribution in [2.24, 2.45) is 5.41 Å². The first-order chi connectivity index (χ1) is 8.98. The van der Waals surface area contributed by atoms with Gasteiger partial charge in [0.15, 0.2) is 0 Å². The summed E-state index contributed by atoms with van der Waals surface area (Å²) < 4.78 is 0. The molecule has 1 aliphatic rings. The van der Waals surface area contributed by atoms with Crippen molar-refractivity contribution in [1.29, 1.82) is 0 Å². The van der Waals surface area contributed by atoms with Crippen LogP contribution in [0.2, 0.25) is 0 Å². The van der Waals surface area contributed by atoms with E-state index in [-0.39, 0.29) is 0 Å². The molecular formula is C18H29N. The van der Waals surface area contributed by atoms with Crippen LogP contribution in [0.25, 0.3) is 0 Å². The minimum Gasteiger partial charge on any atom is -0.313 e. The van der Waals surface area contributed by atoms with Crippen molar-refractivity contribution in [1.82, 2.24) is 5.32 Å². The van der Waals surface area contributed by atoms with Crippen molar-refractivity contribution in [2.75, 3.05) is 6.54 Å². The summed E-state index contributed by atoms with van der Waals surface area (Å²) in [6, 6.07) is 11.8. The molecule has 1 aromatic rings. The lowest BCUT2D eigenvalue weighted by molar-refractivity contribution is 0.303. The Hall–Kier alpha value is -0.820. The molecule has 1 unspecified atom stereocenters. The summed E-state index contributed by atoms with van der Waals surface area (Å²) in [6.07, 6.45) is 5.27. The van der Waals surface area contributed by atoms with Gasteiger partial charge in [-0.3, -0.25) is 0 Å². The molecule has 0 radical (unpaired) electrons. The highest BCUT2D eigenvalue weighted by molar-refractivity contribution is 5.33. The highest BCUT2D eigenvalue weighted by Crippen LogP contribution is 2.52. The van der Waals surface area contributed by atoms with E-state index >= 15 is 0 Å². The van der Waals surface area contributed by atoms with Crippen LogP contribution in [-0.4, -0.2) is 12.6 Å². The highest BCUT2D eigenvalue weighted by atomic mass is 14.9. The summed E-state index contributed by atoms with van der Waals surface area (Å²) in [7, 11) is 0. The number of hydrogen-bond donors (Lipinski definition) is 1. The summed E-state index contributed by atoms with van der Waals surface area (Å²) in [5, 5.41) is 3.76. The Labute approximate surface area is 118 Å². The Morgan fingerprint density at radius 3 is 2.26 bits per heavy atom. The molecule has 0 spiro atoms. The van der Waals surface area contributed by atoms with Crippen LogP contribution in [0.3, 0.4) is 0 Å². The van der Waals surface area contributed by atoms with Gasteiger partial charge < -0.3 is 5.32 Å². The van der Waals surface area contributed by atoms with Gasteiger partial charge >= 0.3 is 0 Å². The maximum absolute atomic E-state index is 3.76. The lowest BCUT2D eigenvalue weighted by Gasteiger charge is -2.31. The first kappa shape index (κ1) is 14.6. The van der Waals surface area contributed by atoms with Gasteiger partial charge in [-0.15, -0.1) is 0 Å². The third-order valence-corrected chi connectivity index (χ3v) is 4.44. The Balaban J connectivity index is 2.10. The minimum atomic E-state index is 0.419. The molecule has 0 aromatic heterocycles. The second kappa shape index (κ2) is 5.66. The van der Waals surface area contributed by atoms with Gasteiger partial charge in [-0.2, -0.15) is 0 Å². The van der Waals surface area contributed by atoms with Gasteiger partial charge in [-0.1, -0.05) is 58.0 Å². The van der Waals surface area contributed by atoms with Crippen LogP contribution in [0.15, 0.2) is 30.3 Å². The number of benzene rings is 1. The third-order valence-electron chi connectivity index (χ3n) is 4.44. The van der Waals surface area contributed by atoms with Crippen LogP contribution in [0.4, 0.5) is 0 Å². The predicted molar refractivity (Wildman–Crippen MR) is 83.5 cm³/mol. The molecule has 19 heavy (non-hydrogen) atoms. The second-order valence-electron chi connectivity index (χ2n) is 7.23. The van der Waals surface area contributed by atoms with Crippen molar-refractivity contribution in [2.45, 2.75) is 64.8 Å². The molecule has 1 aliphatic carbocycles. The van der Waals surface area contributed by atoms with Gasteiger partial charge in [-0.25, -0.2) is 0 Å². The second-order valence-corrected chi connectivity index (χ2v) is 7.23. The molecule has 0 aliphatic heterocycles. The van der Waals surface area contributed by atoms with E-state index in [1.165, 1.54) is 31.2 Å². The molecular weight excluding hydrogens is 230 g/mol. The highest BCUT2D eigenvalue weighted by Gasteiger charge is 2.50. The van der Waals surface area contributed by atoms with E-state index in [4.69, 9.17) is 0 Å². The summed E-state index contributed by atoms with van der Waals surface area (Å²) in [4.78, 5) is 0. The Morgan fingerprint density at radius 1 is 1.16 bits per heavy atom. The Morgan fingerprint density at radius 2 is 1.79 bits per heavy atom. The fraction of sp³-hybridized carbons (Fsp3) is 0.667. The number of likely N-dealkylation sites (N-methyl/N-ethyl adjacent to an activating group) is 1. The fourth-order valence-electron chi connectivity index (χ4n) is 3.14. The van der Waals surface area contributed by atoms with Crippen LogP contribution in [0.5, 0.6) is 0 Å². The van der Waals surface area contributed by atoms with Crippen LogP contribution < -0.4 is 5.32 Å². The van der Waals surface area contributed by atoms with Crippen LogP contribution in [0.1, 0.15) is 58.9 Å². The minimum absolute atomic E-state index is 0.419. The Kier molecular flexibility index (Phi) is 4.35. The number of rotatable bonds is 6. The number of hydrogen-bond acceptors (Lipinski definition) is 1. The zero-order valence-corrected chi connectivity index (χ0v) is 13.0. The summed E-state index contributed by atoms with van der Waals surface area (Å²) in [5.41, 5.74) is 2.39. The molecule has 1 N–H and O–H groups in total. The van der Waals surface area contributed by atoms with Crippen molar-refractivity contribution >= 4 is 0 Å². The molecule has 1 saturated carbocycles. The van der Waals surface area contributed by atoms with Gasteiger partial charge in [0.2, 0.25) is 0 Å². The molecule has 1 nitrogen and oxygen atoms in total. The van der Waals surface area contributed by atoms with Crippen LogP contribution in [0, 0.1) is 5.41 Å². The van der Waals surface area contributed by atoms with E-state index in [0.29, 0.717) is 16.9 Å². The molecule has 1 heteroatoms. The van der Waals surface area contributed by atoms with E-state index in [1.807, 2.05) is 0 Å². The van der Waals surface area contributed by atoms with Crippen LogP contribution in [-0.2, 0) is 5.41 Å². The lowest BCUT2D eigenvalue weighted by atomic mass is 9.81. The molecule has 0 bridgehead atoms. The van der Waals surface area contributed by atoms with E-state index in [0.717, 1.165) is 6.54 Å². The monoisotopic (exact) mass is 259 g/mol. The average molecular weight is 259 g/mol. The van der Waals surface area contributed by atoms with E-state index < -0.39 is 0 Å². The zero-order chi connectivity index (χ0) is 13.9. The van der Waals surface area contributed by atoms with Crippen molar-refractivity contribution in [3.05, 3.63) is 35.9 Å². The molecule has 0 amide bonds. The topological polar surface area (TPSA) is 12.0 Å². The first-order valence-electron chi connectivity index (χ1n) is 7.77. The fourth-order valence-corrected chi connectivity index (χ4v) is 3.14. The predicted octanol–water partition coefficient (Wildman–Crippen LogP) is 4.52. The van der Waals surface area contributed by atoms with Crippen molar-refractivity contribution in [3.8, 4) is 0 Å².